The Balaban J connectivity index is 1.37. The van der Waals surface area contributed by atoms with E-state index in [1.54, 1.807) is 6.92 Å². The zero-order valence-corrected chi connectivity index (χ0v) is 20.0. The van der Waals surface area contributed by atoms with Gasteiger partial charge >= 0.3 is 0 Å². The van der Waals surface area contributed by atoms with Gasteiger partial charge in [0.2, 0.25) is 5.88 Å². The van der Waals surface area contributed by atoms with E-state index in [0.29, 0.717) is 47.9 Å². The second kappa shape index (κ2) is 10.4. The van der Waals surface area contributed by atoms with Crippen LogP contribution in [-0.2, 0) is 15.8 Å². The van der Waals surface area contributed by atoms with E-state index in [1.165, 1.54) is 31.3 Å². The van der Waals surface area contributed by atoms with Gasteiger partial charge in [0.25, 0.3) is 0 Å². The van der Waals surface area contributed by atoms with Crippen molar-refractivity contribution in [2.24, 2.45) is 5.92 Å². The molecule has 10 heteroatoms. The summed E-state index contributed by atoms with van der Waals surface area (Å²) in [5.41, 5.74) is 0.808. The van der Waals surface area contributed by atoms with Crippen LogP contribution in [0.5, 0.6) is 5.88 Å². The van der Waals surface area contributed by atoms with Crippen LogP contribution in [0.1, 0.15) is 38.7 Å². The molecule has 0 aliphatic carbocycles. The van der Waals surface area contributed by atoms with Crippen molar-refractivity contribution >= 4 is 22.6 Å². The molecule has 4 rings (SSSR count). The lowest BCUT2D eigenvalue weighted by Gasteiger charge is -2.56. The first kappa shape index (κ1) is 24.0. The zero-order valence-electron chi connectivity index (χ0n) is 19.2. The number of ether oxygens (including phenoxy) is 2. The van der Waals surface area contributed by atoms with Crippen LogP contribution < -0.4 is 10.1 Å². The van der Waals surface area contributed by atoms with Gasteiger partial charge in [-0.2, -0.15) is 0 Å². The summed E-state index contributed by atoms with van der Waals surface area (Å²) in [5, 5.41) is 2.92. The van der Waals surface area contributed by atoms with Gasteiger partial charge in [-0.3, -0.25) is 4.90 Å². The fourth-order valence-electron chi connectivity index (χ4n) is 4.72. The largest absolute Gasteiger partial charge is 0.477 e. The van der Waals surface area contributed by atoms with Gasteiger partial charge in [-0.15, -0.1) is 0 Å². The van der Waals surface area contributed by atoms with Crippen LogP contribution in [0.4, 0.5) is 15.9 Å². The van der Waals surface area contributed by atoms with E-state index < -0.39 is 16.9 Å². The Hall–Kier alpha value is -2.14. The summed E-state index contributed by atoms with van der Waals surface area (Å²) in [6, 6.07) is 5.30. The van der Waals surface area contributed by atoms with Gasteiger partial charge in [0, 0.05) is 18.1 Å². The molecule has 180 valence electrons. The van der Waals surface area contributed by atoms with E-state index >= 15 is 0 Å². The molecular weight excluding hydrogens is 447 g/mol. The third-order valence-corrected chi connectivity index (χ3v) is 6.95. The maximum atomic E-state index is 14.3. The lowest BCUT2D eigenvalue weighted by molar-refractivity contribution is -0.140. The molecule has 2 fully saturated rings. The average molecular weight is 479 g/mol. The van der Waals surface area contributed by atoms with Crippen molar-refractivity contribution in [1.82, 2.24) is 14.9 Å². The molecule has 1 aromatic heterocycles. The molecule has 3 heterocycles. The number of nitrogens with zero attached hydrogens (tertiary/aromatic N) is 3. The van der Waals surface area contributed by atoms with Crippen LogP contribution in [0.25, 0.3) is 0 Å². The third kappa shape index (κ3) is 5.51. The fourth-order valence-corrected chi connectivity index (χ4v) is 5.11. The Morgan fingerprint density at radius 1 is 1.33 bits per heavy atom. The maximum absolute atomic E-state index is 14.3. The third-order valence-electron chi connectivity index (χ3n) is 6.30. The van der Waals surface area contributed by atoms with E-state index in [2.05, 4.69) is 34.0 Å². The number of hydrogen-bond acceptors (Lipinski definition) is 7. The van der Waals surface area contributed by atoms with Gasteiger partial charge in [-0.05, 0) is 50.3 Å². The van der Waals surface area contributed by atoms with Crippen LogP contribution >= 0.6 is 0 Å². The maximum Gasteiger partial charge on any atom is 0.221 e. The smallest absolute Gasteiger partial charge is 0.221 e. The number of nitrogens with one attached hydrogen (secondary N) is 1. The van der Waals surface area contributed by atoms with Crippen LogP contribution in [0.3, 0.4) is 0 Å². The van der Waals surface area contributed by atoms with Crippen LogP contribution in [0.2, 0.25) is 0 Å². The van der Waals surface area contributed by atoms with Crippen molar-refractivity contribution in [3.63, 3.8) is 0 Å². The monoisotopic (exact) mass is 478 g/mol. The summed E-state index contributed by atoms with van der Waals surface area (Å²) in [6.07, 6.45) is 4.63. The van der Waals surface area contributed by atoms with Gasteiger partial charge in [-0.1, -0.05) is 13.8 Å². The topological polar surface area (TPSA) is 96.8 Å². The van der Waals surface area contributed by atoms with Gasteiger partial charge in [-0.25, -0.2) is 18.6 Å². The SMILES string of the molecule is Cc1c(Nc2ccc(S(=O)O)cc2F)ncnc1OCCC1COCC2CC(CC(C)C)N12. The van der Waals surface area contributed by atoms with Gasteiger partial charge in [0.05, 0.1) is 36.0 Å². The second-order valence-corrected chi connectivity index (χ2v) is 10.1. The fraction of sp³-hybridized carbons (Fsp3) is 0.565. The number of fused-ring (bicyclic) bond motifs is 1. The summed E-state index contributed by atoms with van der Waals surface area (Å²) in [6.45, 7) is 8.37. The molecule has 0 saturated carbocycles. The highest BCUT2D eigenvalue weighted by atomic mass is 32.2. The molecule has 2 saturated heterocycles. The highest BCUT2D eigenvalue weighted by molar-refractivity contribution is 7.79. The first-order valence-electron chi connectivity index (χ1n) is 11.3. The number of hydrogen-bond donors (Lipinski definition) is 2. The minimum absolute atomic E-state index is 0.00625. The van der Waals surface area contributed by atoms with Crippen molar-refractivity contribution in [3.05, 3.63) is 35.9 Å². The quantitative estimate of drug-likeness (QED) is 0.524. The number of anilines is 2. The predicted octanol–water partition coefficient (Wildman–Crippen LogP) is 3.91. The highest BCUT2D eigenvalue weighted by Crippen LogP contribution is 2.36. The molecule has 2 aliphatic heterocycles. The zero-order chi connectivity index (χ0) is 23.5. The number of benzene rings is 1. The lowest BCUT2D eigenvalue weighted by atomic mass is 9.84. The molecule has 4 atom stereocenters. The second-order valence-electron chi connectivity index (χ2n) is 9.12. The summed E-state index contributed by atoms with van der Waals surface area (Å²) < 4.78 is 46.3. The van der Waals surface area contributed by atoms with E-state index in [4.69, 9.17) is 14.0 Å². The molecule has 2 N–H and O–H groups in total. The molecule has 0 amide bonds. The molecule has 2 aromatic rings. The van der Waals surface area contributed by atoms with Crippen LogP contribution in [0.15, 0.2) is 29.4 Å². The summed E-state index contributed by atoms with van der Waals surface area (Å²) in [7, 11) is 0. The molecule has 33 heavy (non-hydrogen) atoms. The summed E-state index contributed by atoms with van der Waals surface area (Å²) in [4.78, 5) is 11.0. The Kier molecular flexibility index (Phi) is 7.58. The number of aromatic nitrogens is 2. The summed E-state index contributed by atoms with van der Waals surface area (Å²) >= 11 is -2.24. The number of morpholine rings is 1. The molecule has 8 nitrogen and oxygen atoms in total. The molecule has 0 spiro atoms. The first-order valence-corrected chi connectivity index (χ1v) is 12.4. The Bertz CT molecular complexity index is 1010. The number of rotatable bonds is 9. The van der Waals surface area contributed by atoms with Gasteiger partial charge in [0.1, 0.15) is 18.0 Å². The summed E-state index contributed by atoms with van der Waals surface area (Å²) in [5.74, 6) is 0.888. The molecule has 1 aromatic carbocycles. The van der Waals surface area contributed by atoms with Gasteiger partial charge < -0.3 is 19.3 Å². The lowest BCUT2D eigenvalue weighted by Crippen LogP contribution is -2.66. The predicted molar refractivity (Wildman–Crippen MR) is 124 cm³/mol. The van der Waals surface area contributed by atoms with E-state index in [9.17, 15) is 8.60 Å². The number of halogens is 1. The normalized spacial score (nSPS) is 23.6. The van der Waals surface area contributed by atoms with Crippen molar-refractivity contribution < 1.29 is 22.6 Å². The Morgan fingerprint density at radius 2 is 2.15 bits per heavy atom. The van der Waals surface area contributed by atoms with E-state index in [1.807, 2.05) is 0 Å². The van der Waals surface area contributed by atoms with Crippen LogP contribution in [0, 0.1) is 18.7 Å². The van der Waals surface area contributed by atoms with Crippen molar-refractivity contribution in [3.8, 4) is 5.88 Å². The molecule has 0 bridgehead atoms. The van der Waals surface area contributed by atoms with Crippen molar-refractivity contribution in [2.45, 2.75) is 63.1 Å². The molecule has 2 aliphatic rings. The molecule has 0 radical (unpaired) electrons. The van der Waals surface area contributed by atoms with Crippen LogP contribution in [-0.4, -0.2) is 61.6 Å². The average Bonchev–Trinajstić information content (AvgIpc) is 2.75. The van der Waals surface area contributed by atoms with Crippen molar-refractivity contribution in [1.29, 1.82) is 0 Å². The first-order chi connectivity index (χ1) is 15.8. The Morgan fingerprint density at radius 3 is 2.88 bits per heavy atom. The standard InChI is InChI=1S/C23H31FN4O4S/c1-14(2)8-17-9-18-12-31-11-16(28(17)18)6-7-32-23-15(3)22(25-13-26-23)27-21-5-4-19(33(29)30)10-20(21)24/h4-5,10,13-14,16-18H,6-9,11-12H2,1-3H3,(H,29,30)(H,25,26,27). The van der Waals surface area contributed by atoms with E-state index in [0.717, 1.165) is 25.7 Å². The molecule has 4 unspecified atom stereocenters. The Labute approximate surface area is 196 Å². The minimum Gasteiger partial charge on any atom is -0.477 e. The minimum atomic E-state index is -2.24. The van der Waals surface area contributed by atoms with Gasteiger partial charge in [0.15, 0.2) is 11.1 Å². The van der Waals surface area contributed by atoms with Crippen molar-refractivity contribution in [2.75, 3.05) is 25.1 Å². The van der Waals surface area contributed by atoms with E-state index in [-0.39, 0.29) is 10.6 Å². The molecular formula is C23H31FN4O4S. The highest BCUT2D eigenvalue weighted by Gasteiger charge is 2.44.